The first-order valence-electron chi connectivity index (χ1n) is 5.87. The maximum atomic E-state index is 11.6. The summed E-state index contributed by atoms with van der Waals surface area (Å²) in [5.74, 6) is -0.933. The zero-order valence-corrected chi connectivity index (χ0v) is 10.9. The predicted molar refractivity (Wildman–Crippen MR) is 69.7 cm³/mol. The van der Waals surface area contributed by atoms with Gasteiger partial charge in [-0.2, -0.15) is 0 Å². The summed E-state index contributed by atoms with van der Waals surface area (Å²) in [7, 11) is 1.47. The van der Waals surface area contributed by atoms with E-state index in [1.807, 2.05) is 6.92 Å². The summed E-state index contributed by atoms with van der Waals surface area (Å²) in [6.07, 6.45) is 0.171. The number of carbonyl (C=O) groups excluding carboxylic acids is 1. The molecular formula is C13H17NO5. The van der Waals surface area contributed by atoms with Gasteiger partial charge in [0, 0.05) is 12.7 Å². The Morgan fingerprint density at radius 1 is 1.37 bits per heavy atom. The van der Waals surface area contributed by atoms with E-state index in [9.17, 15) is 9.59 Å². The Morgan fingerprint density at radius 3 is 2.68 bits per heavy atom. The summed E-state index contributed by atoms with van der Waals surface area (Å²) in [6.45, 7) is 2.67. The molecule has 0 aliphatic carbocycles. The van der Waals surface area contributed by atoms with Crippen LogP contribution in [-0.4, -0.2) is 37.3 Å². The molecule has 6 heteroatoms. The Bertz CT molecular complexity index is 458. The van der Waals surface area contributed by atoms with Crippen LogP contribution in [0.3, 0.4) is 0 Å². The zero-order chi connectivity index (χ0) is 14.3. The molecular weight excluding hydrogens is 250 g/mol. The van der Waals surface area contributed by atoms with Gasteiger partial charge in [0.15, 0.2) is 0 Å². The lowest BCUT2D eigenvalue weighted by atomic mass is 10.1. The number of hydrogen-bond donors (Lipinski definition) is 2. The first-order valence-corrected chi connectivity index (χ1v) is 5.87. The molecule has 0 heterocycles. The highest BCUT2D eigenvalue weighted by molar-refractivity contribution is 6.00. The van der Waals surface area contributed by atoms with Gasteiger partial charge in [-0.15, -0.1) is 0 Å². The molecule has 0 aliphatic heterocycles. The molecule has 0 bridgehead atoms. The van der Waals surface area contributed by atoms with Gasteiger partial charge >= 0.3 is 5.97 Å². The topological polar surface area (TPSA) is 84.9 Å². The third-order valence-electron chi connectivity index (χ3n) is 2.41. The molecule has 1 rings (SSSR count). The van der Waals surface area contributed by atoms with E-state index in [4.69, 9.17) is 14.6 Å². The molecule has 1 amide bonds. The van der Waals surface area contributed by atoms with Gasteiger partial charge in [-0.1, -0.05) is 0 Å². The predicted octanol–water partition coefficient (Wildman–Crippen LogP) is 1.76. The third-order valence-corrected chi connectivity index (χ3v) is 2.41. The molecule has 6 nitrogen and oxygen atoms in total. The van der Waals surface area contributed by atoms with Crippen LogP contribution in [0.25, 0.3) is 0 Å². The highest BCUT2D eigenvalue weighted by atomic mass is 16.5. The van der Waals surface area contributed by atoms with Crippen molar-refractivity contribution in [2.75, 3.05) is 25.6 Å². The minimum atomic E-state index is -1.11. The molecule has 0 unspecified atom stereocenters. The van der Waals surface area contributed by atoms with Crippen molar-refractivity contribution in [3.8, 4) is 5.75 Å². The fraction of sp³-hybridized carbons (Fsp3) is 0.385. The van der Waals surface area contributed by atoms with Crippen LogP contribution in [0.4, 0.5) is 5.69 Å². The average Bonchev–Trinajstić information content (AvgIpc) is 2.38. The van der Waals surface area contributed by atoms with E-state index in [0.29, 0.717) is 19.0 Å². The van der Waals surface area contributed by atoms with Crippen molar-refractivity contribution < 1.29 is 24.2 Å². The number of rotatable bonds is 7. The number of ether oxygens (including phenoxy) is 2. The lowest BCUT2D eigenvalue weighted by Crippen LogP contribution is -2.16. The van der Waals surface area contributed by atoms with Crippen LogP contribution in [0.2, 0.25) is 0 Å². The number of nitrogens with one attached hydrogen (secondary N) is 1. The quantitative estimate of drug-likeness (QED) is 0.735. The van der Waals surface area contributed by atoms with Crippen molar-refractivity contribution in [1.29, 1.82) is 0 Å². The summed E-state index contributed by atoms with van der Waals surface area (Å²) in [5, 5.41) is 11.6. The van der Waals surface area contributed by atoms with Gasteiger partial charge in [-0.25, -0.2) is 4.79 Å². The monoisotopic (exact) mass is 267 g/mol. The number of methoxy groups -OCH3 is 1. The van der Waals surface area contributed by atoms with E-state index in [2.05, 4.69) is 5.32 Å². The fourth-order valence-electron chi connectivity index (χ4n) is 1.46. The normalized spacial score (nSPS) is 10.0. The molecule has 104 valence electrons. The summed E-state index contributed by atoms with van der Waals surface area (Å²) in [4.78, 5) is 22.7. The van der Waals surface area contributed by atoms with Crippen LogP contribution in [0.15, 0.2) is 18.2 Å². The Labute approximate surface area is 111 Å². The van der Waals surface area contributed by atoms with E-state index >= 15 is 0 Å². The maximum absolute atomic E-state index is 11.6. The number of hydrogen-bond acceptors (Lipinski definition) is 4. The number of benzene rings is 1. The fourth-order valence-corrected chi connectivity index (χ4v) is 1.46. The maximum Gasteiger partial charge on any atom is 0.337 e. The molecule has 0 aliphatic rings. The largest absolute Gasteiger partial charge is 0.497 e. The molecule has 0 fully saturated rings. The first kappa shape index (κ1) is 15.0. The van der Waals surface area contributed by atoms with E-state index in [1.54, 1.807) is 0 Å². The van der Waals surface area contributed by atoms with Gasteiger partial charge in [0.25, 0.3) is 0 Å². The second-order valence-electron chi connectivity index (χ2n) is 3.71. The molecule has 0 atom stereocenters. The molecule has 19 heavy (non-hydrogen) atoms. The first-order chi connectivity index (χ1) is 9.08. The highest BCUT2D eigenvalue weighted by Crippen LogP contribution is 2.22. The van der Waals surface area contributed by atoms with Crippen molar-refractivity contribution >= 4 is 17.6 Å². The summed E-state index contributed by atoms with van der Waals surface area (Å²) in [5.41, 5.74) is 0.235. The molecule has 0 saturated carbocycles. The van der Waals surface area contributed by atoms with Crippen LogP contribution in [0, 0.1) is 0 Å². The number of carboxylic acids is 1. The Hall–Kier alpha value is -2.08. The minimum Gasteiger partial charge on any atom is -0.497 e. The van der Waals surface area contributed by atoms with Crippen molar-refractivity contribution in [2.24, 2.45) is 0 Å². The third kappa shape index (κ3) is 4.59. The number of aromatic carboxylic acids is 1. The van der Waals surface area contributed by atoms with Crippen molar-refractivity contribution in [2.45, 2.75) is 13.3 Å². The molecule has 0 radical (unpaired) electrons. The van der Waals surface area contributed by atoms with E-state index < -0.39 is 5.97 Å². The molecule has 0 aromatic heterocycles. The van der Waals surface area contributed by atoms with Crippen LogP contribution in [-0.2, 0) is 9.53 Å². The number of carboxylic acid groups (broad SMARTS) is 1. The zero-order valence-electron chi connectivity index (χ0n) is 10.9. The molecule has 2 N–H and O–H groups in total. The van der Waals surface area contributed by atoms with Gasteiger partial charge in [-0.05, 0) is 19.1 Å². The minimum absolute atomic E-state index is 0.0190. The van der Waals surface area contributed by atoms with Crippen LogP contribution in [0.5, 0.6) is 5.75 Å². The smallest absolute Gasteiger partial charge is 0.337 e. The van der Waals surface area contributed by atoms with Gasteiger partial charge in [0.2, 0.25) is 5.91 Å². The standard InChI is InChI=1S/C13H17NO5/c1-3-19-7-6-12(15)14-11-8-9(18-2)4-5-10(11)13(16)17/h4-5,8H,3,6-7H2,1-2H3,(H,14,15)(H,16,17). The van der Waals surface area contributed by atoms with Gasteiger partial charge in [-0.3, -0.25) is 4.79 Å². The second-order valence-corrected chi connectivity index (χ2v) is 3.71. The van der Waals surface area contributed by atoms with E-state index in [1.165, 1.54) is 25.3 Å². The van der Waals surface area contributed by atoms with Gasteiger partial charge in [0.1, 0.15) is 5.75 Å². The number of amides is 1. The molecule has 0 saturated heterocycles. The lowest BCUT2D eigenvalue weighted by molar-refractivity contribution is -0.117. The highest BCUT2D eigenvalue weighted by Gasteiger charge is 2.13. The van der Waals surface area contributed by atoms with Crippen molar-refractivity contribution in [1.82, 2.24) is 0 Å². The molecule has 0 spiro atoms. The average molecular weight is 267 g/mol. The lowest BCUT2D eigenvalue weighted by Gasteiger charge is -2.10. The van der Waals surface area contributed by atoms with Crippen LogP contribution in [0.1, 0.15) is 23.7 Å². The van der Waals surface area contributed by atoms with E-state index in [0.717, 1.165) is 0 Å². The Balaban J connectivity index is 2.79. The van der Waals surface area contributed by atoms with E-state index in [-0.39, 0.29) is 23.6 Å². The van der Waals surface area contributed by atoms with Crippen LogP contribution < -0.4 is 10.1 Å². The molecule has 1 aromatic carbocycles. The second kappa shape index (κ2) is 7.38. The molecule has 1 aromatic rings. The SMILES string of the molecule is CCOCCC(=O)Nc1cc(OC)ccc1C(=O)O. The summed E-state index contributed by atoms with van der Waals surface area (Å²) >= 11 is 0. The van der Waals surface area contributed by atoms with Gasteiger partial charge in [0.05, 0.1) is 31.4 Å². The summed E-state index contributed by atoms with van der Waals surface area (Å²) in [6, 6.07) is 4.39. The van der Waals surface area contributed by atoms with Crippen LogP contribution >= 0.6 is 0 Å². The van der Waals surface area contributed by atoms with Gasteiger partial charge < -0.3 is 19.9 Å². The van der Waals surface area contributed by atoms with Crippen molar-refractivity contribution in [3.63, 3.8) is 0 Å². The number of anilines is 1. The number of carbonyl (C=O) groups is 2. The summed E-state index contributed by atoms with van der Waals surface area (Å²) < 4.78 is 10.1. The van der Waals surface area contributed by atoms with Crippen molar-refractivity contribution in [3.05, 3.63) is 23.8 Å². The Morgan fingerprint density at radius 2 is 2.11 bits per heavy atom. The Kier molecular flexibility index (Phi) is 5.81.